The first-order valence-corrected chi connectivity index (χ1v) is 5.97. The van der Waals surface area contributed by atoms with E-state index in [0.717, 1.165) is 12.1 Å². The zero-order valence-electron chi connectivity index (χ0n) is 9.97. The number of halogens is 5. The number of hydrogen-bond donors (Lipinski definition) is 1. The SMILES string of the molecule is OC1(c2ccc(F)cc2F)CCCC(C(F)(F)F)C1. The largest absolute Gasteiger partial charge is 0.391 e. The summed E-state index contributed by atoms with van der Waals surface area (Å²) < 4.78 is 64.5. The van der Waals surface area contributed by atoms with Crippen LogP contribution in [0, 0.1) is 17.6 Å². The molecular weight excluding hydrogens is 267 g/mol. The Hall–Kier alpha value is -1.17. The van der Waals surface area contributed by atoms with Gasteiger partial charge in [-0.2, -0.15) is 13.2 Å². The van der Waals surface area contributed by atoms with E-state index in [0.29, 0.717) is 6.07 Å². The maximum atomic E-state index is 13.6. The topological polar surface area (TPSA) is 20.2 Å². The molecule has 0 spiro atoms. The van der Waals surface area contributed by atoms with Crippen molar-refractivity contribution in [3.05, 3.63) is 35.4 Å². The second-order valence-electron chi connectivity index (χ2n) is 4.99. The molecule has 0 amide bonds. The van der Waals surface area contributed by atoms with E-state index in [9.17, 15) is 27.1 Å². The fourth-order valence-corrected chi connectivity index (χ4v) is 2.64. The predicted molar refractivity (Wildman–Crippen MR) is 58.3 cm³/mol. The van der Waals surface area contributed by atoms with E-state index in [1.807, 2.05) is 0 Å². The van der Waals surface area contributed by atoms with Crippen molar-refractivity contribution >= 4 is 0 Å². The highest BCUT2D eigenvalue weighted by molar-refractivity contribution is 5.26. The van der Waals surface area contributed by atoms with Crippen LogP contribution in [-0.2, 0) is 5.60 Å². The number of rotatable bonds is 1. The molecule has 106 valence electrons. The van der Waals surface area contributed by atoms with Crippen LogP contribution in [0.15, 0.2) is 18.2 Å². The van der Waals surface area contributed by atoms with E-state index in [-0.39, 0.29) is 24.8 Å². The predicted octanol–water partition coefficient (Wildman–Crippen LogP) is 3.90. The monoisotopic (exact) mass is 280 g/mol. The highest BCUT2D eigenvalue weighted by Crippen LogP contribution is 2.46. The van der Waals surface area contributed by atoms with E-state index >= 15 is 0 Å². The van der Waals surface area contributed by atoms with Crippen molar-refractivity contribution in [2.24, 2.45) is 5.92 Å². The smallest absolute Gasteiger partial charge is 0.385 e. The zero-order chi connectivity index (χ0) is 14.3. The lowest BCUT2D eigenvalue weighted by molar-refractivity contribution is -0.202. The number of hydrogen-bond acceptors (Lipinski definition) is 1. The molecule has 1 nitrogen and oxygen atoms in total. The summed E-state index contributed by atoms with van der Waals surface area (Å²) in [6, 6.07) is 2.53. The maximum Gasteiger partial charge on any atom is 0.391 e. The van der Waals surface area contributed by atoms with Crippen molar-refractivity contribution in [3.63, 3.8) is 0 Å². The Kier molecular flexibility index (Phi) is 3.55. The van der Waals surface area contributed by atoms with E-state index < -0.39 is 35.8 Å². The Morgan fingerprint density at radius 1 is 1.21 bits per heavy atom. The average Bonchev–Trinajstić information content (AvgIpc) is 2.27. The van der Waals surface area contributed by atoms with Crippen LogP contribution in [0.25, 0.3) is 0 Å². The van der Waals surface area contributed by atoms with Gasteiger partial charge < -0.3 is 5.11 Å². The molecule has 0 heterocycles. The van der Waals surface area contributed by atoms with Crippen LogP contribution < -0.4 is 0 Å². The van der Waals surface area contributed by atoms with Gasteiger partial charge in [0.25, 0.3) is 0 Å². The third-order valence-corrected chi connectivity index (χ3v) is 3.62. The summed E-state index contributed by atoms with van der Waals surface area (Å²) >= 11 is 0. The lowest BCUT2D eigenvalue weighted by Gasteiger charge is -2.38. The van der Waals surface area contributed by atoms with Crippen LogP contribution in [0.1, 0.15) is 31.2 Å². The van der Waals surface area contributed by atoms with E-state index in [1.54, 1.807) is 0 Å². The second-order valence-corrected chi connectivity index (χ2v) is 4.99. The molecule has 0 bridgehead atoms. The lowest BCUT2D eigenvalue weighted by Crippen LogP contribution is -2.39. The molecule has 1 aliphatic rings. The summed E-state index contributed by atoms with van der Waals surface area (Å²) in [7, 11) is 0. The lowest BCUT2D eigenvalue weighted by atomic mass is 9.74. The normalized spacial score (nSPS) is 28.4. The first-order valence-electron chi connectivity index (χ1n) is 5.97. The highest BCUT2D eigenvalue weighted by Gasteiger charge is 2.48. The Bertz CT molecular complexity index is 471. The van der Waals surface area contributed by atoms with E-state index in [1.165, 1.54) is 0 Å². The zero-order valence-corrected chi connectivity index (χ0v) is 9.97. The Balaban J connectivity index is 2.31. The summed E-state index contributed by atoms with van der Waals surface area (Å²) in [4.78, 5) is 0. The molecule has 6 heteroatoms. The van der Waals surface area contributed by atoms with E-state index in [4.69, 9.17) is 0 Å². The van der Waals surface area contributed by atoms with Gasteiger partial charge in [-0.1, -0.05) is 6.07 Å². The van der Waals surface area contributed by atoms with Gasteiger partial charge in [-0.15, -0.1) is 0 Å². The van der Waals surface area contributed by atoms with Crippen molar-refractivity contribution in [2.45, 2.75) is 37.5 Å². The minimum absolute atomic E-state index is 0.0438. The third-order valence-electron chi connectivity index (χ3n) is 3.62. The summed E-state index contributed by atoms with van der Waals surface area (Å²) in [6.45, 7) is 0. The Labute approximate surface area is 107 Å². The number of alkyl halides is 3. The summed E-state index contributed by atoms with van der Waals surface area (Å²) in [5.74, 6) is -3.49. The summed E-state index contributed by atoms with van der Waals surface area (Å²) in [6.07, 6.45) is -4.88. The van der Waals surface area contributed by atoms with Gasteiger partial charge in [-0.3, -0.25) is 0 Å². The Morgan fingerprint density at radius 2 is 1.89 bits per heavy atom. The van der Waals surface area contributed by atoms with Crippen molar-refractivity contribution in [2.75, 3.05) is 0 Å². The van der Waals surface area contributed by atoms with Crippen LogP contribution in [0.3, 0.4) is 0 Å². The molecule has 1 aromatic rings. The summed E-state index contributed by atoms with van der Waals surface area (Å²) in [5, 5.41) is 10.3. The van der Waals surface area contributed by atoms with Crippen LogP contribution in [0.2, 0.25) is 0 Å². The third kappa shape index (κ3) is 2.88. The van der Waals surface area contributed by atoms with Gasteiger partial charge in [-0.05, 0) is 31.7 Å². The van der Waals surface area contributed by atoms with Gasteiger partial charge in [0.2, 0.25) is 0 Å². The van der Waals surface area contributed by atoms with Crippen molar-refractivity contribution in [1.82, 2.24) is 0 Å². The molecular formula is C13H13F5O. The van der Waals surface area contributed by atoms with Crippen molar-refractivity contribution in [1.29, 1.82) is 0 Å². The molecule has 0 aliphatic heterocycles. The molecule has 19 heavy (non-hydrogen) atoms. The van der Waals surface area contributed by atoms with Crippen LogP contribution in [0.4, 0.5) is 22.0 Å². The minimum Gasteiger partial charge on any atom is -0.385 e. The molecule has 0 radical (unpaired) electrons. The number of benzene rings is 1. The maximum absolute atomic E-state index is 13.6. The van der Waals surface area contributed by atoms with Crippen molar-refractivity contribution < 1.29 is 27.1 Å². The van der Waals surface area contributed by atoms with Gasteiger partial charge in [0, 0.05) is 11.6 Å². The number of aliphatic hydroxyl groups is 1. The standard InChI is InChI=1S/C13H13F5O/c14-9-3-4-10(11(15)6-9)12(19)5-1-2-8(7-12)13(16,17)18/h3-4,6,8,19H,1-2,5,7H2. The van der Waals surface area contributed by atoms with Crippen LogP contribution in [0.5, 0.6) is 0 Å². The summed E-state index contributed by atoms with van der Waals surface area (Å²) in [5.41, 5.74) is -2.14. The first-order chi connectivity index (χ1) is 8.72. The first kappa shape index (κ1) is 14.2. The van der Waals surface area contributed by atoms with Gasteiger partial charge in [0.05, 0.1) is 11.5 Å². The fourth-order valence-electron chi connectivity index (χ4n) is 2.64. The Morgan fingerprint density at radius 3 is 2.47 bits per heavy atom. The molecule has 2 rings (SSSR count). The molecule has 1 aliphatic carbocycles. The quantitative estimate of drug-likeness (QED) is 0.773. The van der Waals surface area contributed by atoms with Crippen LogP contribution >= 0.6 is 0 Å². The van der Waals surface area contributed by atoms with Gasteiger partial charge in [0.15, 0.2) is 0 Å². The molecule has 0 saturated heterocycles. The molecule has 1 aromatic carbocycles. The fraction of sp³-hybridized carbons (Fsp3) is 0.538. The second kappa shape index (κ2) is 4.74. The van der Waals surface area contributed by atoms with Gasteiger partial charge in [-0.25, -0.2) is 8.78 Å². The molecule has 1 saturated carbocycles. The van der Waals surface area contributed by atoms with Gasteiger partial charge >= 0.3 is 6.18 Å². The molecule has 0 aromatic heterocycles. The minimum atomic E-state index is -4.41. The average molecular weight is 280 g/mol. The van der Waals surface area contributed by atoms with Crippen molar-refractivity contribution in [3.8, 4) is 0 Å². The van der Waals surface area contributed by atoms with Gasteiger partial charge in [0.1, 0.15) is 11.6 Å². The molecule has 1 N–H and O–H groups in total. The molecule has 1 fully saturated rings. The molecule has 2 unspecified atom stereocenters. The molecule has 2 atom stereocenters. The highest BCUT2D eigenvalue weighted by atomic mass is 19.4. The van der Waals surface area contributed by atoms with E-state index in [2.05, 4.69) is 0 Å². The van der Waals surface area contributed by atoms with Crippen LogP contribution in [-0.4, -0.2) is 11.3 Å².